The summed E-state index contributed by atoms with van der Waals surface area (Å²) in [6.07, 6.45) is 1.75. The van der Waals surface area contributed by atoms with Gasteiger partial charge in [-0.25, -0.2) is 10.4 Å². The van der Waals surface area contributed by atoms with Crippen LogP contribution in [0.1, 0.15) is 18.1 Å². The molecular weight excluding hydrogens is 583 g/mol. The summed E-state index contributed by atoms with van der Waals surface area (Å²) in [6, 6.07) is 20.0. The molecule has 6 nitrogen and oxygen atoms in total. The van der Waals surface area contributed by atoms with Gasteiger partial charge >= 0.3 is 0 Å². The molecule has 0 atom stereocenters. The zero-order valence-electron chi connectivity index (χ0n) is 17.7. The zero-order valence-corrected chi connectivity index (χ0v) is 21.4. The average molecular weight is 605 g/mol. The van der Waals surface area contributed by atoms with Crippen molar-refractivity contribution in [1.82, 2.24) is 9.55 Å². The van der Waals surface area contributed by atoms with E-state index in [0.717, 1.165) is 36.0 Å². The summed E-state index contributed by atoms with van der Waals surface area (Å²) in [4.78, 5) is 4.57. The predicted octanol–water partition coefficient (Wildman–Crippen LogP) is 6.36. The van der Waals surface area contributed by atoms with Gasteiger partial charge in [0.05, 0.1) is 27.4 Å². The molecule has 3 aromatic carbocycles. The number of hydrogen-bond acceptors (Lipinski definition) is 5. The van der Waals surface area contributed by atoms with E-state index in [1.165, 1.54) is 0 Å². The molecule has 1 N–H and O–H groups in total. The monoisotopic (exact) mass is 604 g/mol. The molecule has 32 heavy (non-hydrogen) atoms. The van der Waals surface area contributed by atoms with Gasteiger partial charge in [0.15, 0.2) is 11.5 Å². The van der Waals surface area contributed by atoms with Crippen LogP contribution in [-0.2, 0) is 13.7 Å². The summed E-state index contributed by atoms with van der Waals surface area (Å²) in [5.74, 6) is 2.10. The van der Waals surface area contributed by atoms with Gasteiger partial charge in [0.2, 0.25) is 5.95 Å². The number of para-hydroxylation sites is 2. The van der Waals surface area contributed by atoms with Crippen LogP contribution in [0.5, 0.6) is 11.5 Å². The lowest BCUT2D eigenvalue weighted by molar-refractivity contribution is 0.267. The highest BCUT2D eigenvalue weighted by Gasteiger charge is 2.12. The number of imidazole rings is 1. The van der Waals surface area contributed by atoms with Gasteiger partial charge in [0, 0.05) is 11.5 Å². The Morgan fingerprint density at radius 3 is 2.66 bits per heavy atom. The fraction of sp³-hybridized carbons (Fsp3) is 0.167. The smallest absolute Gasteiger partial charge is 0.224 e. The van der Waals surface area contributed by atoms with Crippen LogP contribution in [-0.4, -0.2) is 22.4 Å². The van der Waals surface area contributed by atoms with E-state index in [2.05, 4.69) is 54.0 Å². The summed E-state index contributed by atoms with van der Waals surface area (Å²) in [7, 11) is 1.96. The van der Waals surface area contributed by atoms with Crippen molar-refractivity contribution in [3.8, 4) is 11.5 Å². The largest absolute Gasteiger partial charge is 0.490 e. The summed E-state index contributed by atoms with van der Waals surface area (Å²) in [5.41, 5.74) is 6.99. The third-order valence-corrected chi connectivity index (χ3v) is 6.12. The van der Waals surface area contributed by atoms with Crippen molar-refractivity contribution < 1.29 is 9.47 Å². The number of benzene rings is 3. The molecule has 0 unspecified atom stereocenters. The van der Waals surface area contributed by atoms with Crippen LogP contribution < -0.4 is 14.9 Å². The average Bonchev–Trinajstić information content (AvgIpc) is 3.10. The van der Waals surface area contributed by atoms with Gasteiger partial charge < -0.3 is 14.0 Å². The number of hydrazone groups is 1. The maximum Gasteiger partial charge on any atom is 0.224 e. The van der Waals surface area contributed by atoms with Crippen LogP contribution >= 0.6 is 38.5 Å². The molecule has 164 valence electrons. The summed E-state index contributed by atoms with van der Waals surface area (Å²) in [6.45, 7) is 2.97. The molecule has 0 spiro atoms. The number of hydrogen-bond donors (Lipinski definition) is 1. The highest BCUT2D eigenvalue weighted by Crippen LogP contribution is 2.34. The van der Waals surface area contributed by atoms with Gasteiger partial charge in [-0.2, -0.15) is 5.10 Å². The van der Waals surface area contributed by atoms with Crippen molar-refractivity contribution in [3.63, 3.8) is 0 Å². The molecule has 0 saturated heterocycles. The van der Waals surface area contributed by atoms with E-state index in [0.29, 0.717) is 24.9 Å². The number of nitrogens with zero attached hydrogens (tertiary/aromatic N) is 3. The first-order valence-corrected chi connectivity index (χ1v) is 12.0. The number of aryl methyl sites for hydroxylation is 1. The second kappa shape index (κ2) is 10.4. The van der Waals surface area contributed by atoms with Crippen LogP contribution in [0.3, 0.4) is 0 Å². The maximum atomic E-state index is 6.10. The second-order valence-corrected chi connectivity index (χ2v) is 9.11. The fourth-order valence-corrected chi connectivity index (χ4v) is 4.26. The number of nitrogens with one attached hydrogen (secondary N) is 1. The van der Waals surface area contributed by atoms with Crippen molar-refractivity contribution in [2.24, 2.45) is 12.1 Å². The lowest BCUT2D eigenvalue weighted by Crippen LogP contribution is -2.03. The van der Waals surface area contributed by atoms with E-state index < -0.39 is 0 Å². The number of halogens is 2. The summed E-state index contributed by atoms with van der Waals surface area (Å²) >= 11 is 5.72. The Hall–Kier alpha value is -2.59. The molecule has 0 fully saturated rings. The predicted molar refractivity (Wildman–Crippen MR) is 141 cm³/mol. The molecule has 0 aliphatic rings. The number of aromatic nitrogens is 2. The molecule has 4 aromatic rings. The van der Waals surface area contributed by atoms with Crippen LogP contribution in [0.2, 0.25) is 0 Å². The number of fused-ring (bicyclic) bond motifs is 1. The minimum atomic E-state index is 0.463. The van der Waals surface area contributed by atoms with E-state index in [1.807, 2.05) is 79.2 Å². The lowest BCUT2D eigenvalue weighted by atomic mass is 10.2. The third kappa shape index (κ3) is 5.24. The first-order valence-electron chi connectivity index (χ1n) is 10.1. The molecule has 1 aromatic heterocycles. The SMILES string of the molecule is CCOc1cc(/C=N\Nc2nc3ccccc3n2C)cc(I)c1OCc1ccc(Br)cc1. The van der Waals surface area contributed by atoms with Crippen LogP contribution in [0, 0.1) is 3.57 Å². The molecule has 4 rings (SSSR count). The minimum absolute atomic E-state index is 0.463. The van der Waals surface area contributed by atoms with Crippen molar-refractivity contribution in [2.75, 3.05) is 12.0 Å². The molecule has 0 radical (unpaired) electrons. The minimum Gasteiger partial charge on any atom is -0.490 e. The van der Waals surface area contributed by atoms with Crippen LogP contribution in [0.4, 0.5) is 5.95 Å². The summed E-state index contributed by atoms with van der Waals surface area (Å²) in [5, 5.41) is 4.38. The first kappa shape index (κ1) is 22.6. The van der Waals surface area contributed by atoms with Crippen molar-refractivity contribution in [1.29, 1.82) is 0 Å². The highest BCUT2D eigenvalue weighted by atomic mass is 127. The van der Waals surface area contributed by atoms with Crippen LogP contribution in [0.15, 0.2) is 70.2 Å². The van der Waals surface area contributed by atoms with E-state index in [1.54, 1.807) is 6.21 Å². The Balaban J connectivity index is 1.51. The number of rotatable bonds is 8. The standard InChI is InChI=1S/C24H22BrIN4O2/c1-3-31-22-13-17(12-19(26)23(22)32-15-16-8-10-18(25)11-9-16)14-27-29-24-28-20-6-4-5-7-21(20)30(24)2/h4-14H,3,15H2,1-2H3,(H,28,29)/b27-14-. The topological polar surface area (TPSA) is 60.7 Å². The second-order valence-electron chi connectivity index (χ2n) is 7.03. The van der Waals surface area contributed by atoms with Crippen molar-refractivity contribution in [2.45, 2.75) is 13.5 Å². The quantitative estimate of drug-likeness (QED) is 0.144. The maximum absolute atomic E-state index is 6.10. The number of ether oxygens (including phenoxy) is 2. The highest BCUT2D eigenvalue weighted by molar-refractivity contribution is 14.1. The molecule has 8 heteroatoms. The van der Waals surface area contributed by atoms with Gasteiger partial charge in [0.1, 0.15) is 6.61 Å². The van der Waals surface area contributed by atoms with Crippen molar-refractivity contribution >= 4 is 61.7 Å². The van der Waals surface area contributed by atoms with Gasteiger partial charge in [-0.1, -0.05) is 40.2 Å². The fourth-order valence-electron chi connectivity index (χ4n) is 3.21. The van der Waals surface area contributed by atoms with Gasteiger partial charge in [0.25, 0.3) is 0 Å². The van der Waals surface area contributed by atoms with Crippen molar-refractivity contribution in [3.05, 3.63) is 79.8 Å². The Bertz CT molecular complexity index is 1260. The summed E-state index contributed by atoms with van der Waals surface area (Å²) < 4.78 is 15.9. The normalized spacial score (nSPS) is 11.2. The van der Waals surface area contributed by atoms with Gasteiger partial charge in [-0.05, 0) is 77.0 Å². The molecule has 0 bridgehead atoms. The number of anilines is 1. The lowest BCUT2D eigenvalue weighted by Gasteiger charge is -2.15. The molecule has 0 aliphatic carbocycles. The Morgan fingerprint density at radius 2 is 1.91 bits per heavy atom. The third-order valence-electron chi connectivity index (χ3n) is 4.79. The molecular formula is C24H22BrIN4O2. The first-order chi connectivity index (χ1) is 15.5. The van der Waals surface area contributed by atoms with E-state index in [4.69, 9.17) is 9.47 Å². The molecule has 0 aliphatic heterocycles. The molecule has 1 heterocycles. The van der Waals surface area contributed by atoms with Crippen LogP contribution in [0.25, 0.3) is 11.0 Å². The van der Waals surface area contributed by atoms with Gasteiger partial charge in [-0.15, -0.1) is 0 Å². The molecule has 0 saturated carbocycles. The van der Waals surface area contributed by atoms with E-state index in [9.17, 15) is 0 Å². The Labute approximate surface area is 208 Å². The Morgan fingerprint density at radius 1 is 1.12 bits per heavy atom. The van der Waals surface area contributed by atoms with E-state index in [-0.39, 0.29) is 0 Å². The Kier molecular flexibility index (Phi) is 7.31. The van der Waals surface area contributed by atoms with E-state index >= 15 is 0 Å². The zero-order chi connectivity index (χ0) is 22.5. The van der Waals surface area contributed by atoms with Gasteiger partial charge in [-0.3, -0.25) is 0 Å². The molecule has 0 amide bonds.